The summed E-state index contributed by atoms with van der Waals surface area (Å²) >= 11 is 0. The fourth-order valence-electron chi connectivity index (χ4n) is 3.75. The number of carbonyl (C=O) groups is 1. The van der Waals surface area contributed by atoms with Crippen LogP contribution in [0.3, 0.4) is 0 Å². The van der Waals surface area contributed by atoms with Crippen molar-refractivity contribution in [1.82, 2.24) is 0 Å². The van der Waals surface area contributed by atoms with Gasteiger partial charge in [0.2, 0.25) is 5.82 Å². The number of esters is 1. The quantitative estimate of drug-likeness (QED) is 0.0969. The molecule has 0 fully saturated rings. The second-order valence-electron chi connectivity index (χ2n) is 10.2. The highest BCUT2D eigenvalue weighted by atomic mass is 28.3. The molecule has 0 radical (unpaired) electrons. The monoisotopic (exact) mass is 526 g/mol. The third-order valence-electron chi connectivity index (χ3n) is 5.86. The molecule has 3 aromatic rings. The Bertz CT molecular complexity index is 1160. The highest BCUT2D eigenvalue weighted by Crippen LogP contribution is 2.31. The lowest BCUT2D eigenvalue weighted by Gasteiger charge is -2.15. The van der Waals surface area contributed by atoms with Gasteiger partial charge in [0, 0.05) is 13.6 Å². The van der Waals surface area contributed by atoms with E-state index in [0.29, 0.717) is 35.8 Å². The SMILES string of the molecule is CCCCCOc1ccc(-c2ccc(OC(=O)c3ccc(OCCC[Si](C)(C)C)cc3)cc2)c(F)c1F. The van der Waals surface area contributed by atoms with Gasteiger partial charge in [-0.25, -0.2) is 9.18 Å². The molecule has 0 saturated carbocycles. The maximum absolute atomic E-state index is 14.7. The molecule has 0 aliphatic carbocycles. The van der Waals surface area contributed by atoms with Crippen molar-refractivity contribution in [2.75, 3.05) is 13.2 Å². The van der Waals surface area contributed by atoms with Gasteiger partial charge in [0.05, 0.1) is 18.8 Å². The summed E-state index contributed by atoms with van der Waals surface area (Å²) in [6.45, 7) is 10.1. The molecule has 0 aliphatic rings. The molecule has 0 heterocycles. The maximum Gasteiger partial charge on any atom is 0.343 e. The van der Waals surface area contributed by atoms with Crippen molar-refractivity contribution in [2.24, 2.45) is 0 Å². The zero-order valence-electron chi connectivity index (χ0n) is 22.1. The molecule has 0 amide bonds. The van der Waals surface area contributed by atoms with Gasteiger partial charge in [-0.2, -0.15) is 4.39 Å². The van der Waals surface area contributed by atoms with E-state index in [1.807, 2.05) is 0 Å². The Labute approximate surface area is 219 Å². The van der Waals surface area contributed by atoms with Gasteiger partial charge in [0.25, 0.3) is 0 Å². The van der Waals surface area contributed by atoms with Crippen LogP contribution in [0.2, 0.25) is 25.7 Å². The standard InChI is InChI=1S/C30H36F2O4Si/c1-5-6-7-19-35-27-18-17-26(28(31)29(27)32)22-9-15-25(16-10-22)36-30(33)23-11-13-24(14-12-23)34-20-8-21-37(2,3)4/h9-18H,5-8,19-21H2,1-4H3. The van der Waals surface area contributed by atoms with E-state index in [-0.39, 0.29) is 11.3 Å². The average molecular weight is 527 g/mol. The van der Waals surface area contributed by atoms with E-state index < -0.39 is 25.7 Å². The van der Waals surface area contributed by atoms with Gasteiger partial charge in [0.15, 0.2) is 11.6 Å². The molecule has 0 saturated heterocycles. The van der Waals surface area contributed by atoms with E-state index in [0.717, 1.165) is 25.7 Å². The van der Waals surface area contributed by atoms with Crippen molar-refractivity contribution >= 4 is 14.0 Å². The lowest BCUT2D eigenvalue weighted by molar-refractivity contribution is 0.0734. The summed E-state index contributed by atoms with van der Waals surface area (Å²) in [6, 6.07) is 17.2. The number of hydrogen-bond donors (Lipinski definition) is 0. The Balaban J connectivity index is 1.56. The number of carbonyl (C=O) groups excluding carboxylic acids is 1. The van der Waals surface area contributed by atoms with Crippen molar-refractivity contribution in [2.45, 2.75) is 58.3 Å². The molecular formula is C30H36F2O4Si. The van der Waals surface area contributed by atoms with Gasteiger partial charge < -0.3 is 14.2 Å². The van der Waals surface area contributed by atoms with Crippen molar-refractivity contribution < 1.29 is 27.8 Å². The molecule has 3 aromatic carbocycles. The molecule has 0 aromatic heterocycles. The van der Waals surface area contributed by atoms with Crippen molar-refractivity contribution in [3.63, 3.8) is 0 Å². The van der Waals surface area contributed by atoms with Crippen LogP contribution < -0.4 is 14.2 Å². The largest absolute Gasteiger partial charge is 0.494 e. The molecule has 7 heteroatoms. The highest BCUT2D eigenvalue weighted by molar-refractivity contribution is 6.76. The van der Waals surface area contributed by atoms with Gasteiger partial charge in [-0.15, -0.1) is 0 Å². The molecule has 4 nitrogen and oxygen atoms in total. The van der Waals surface area contributed by atoms with Gasteiger partial charge in [-0.05, 0) is 66.9 Å². The summed E-state index contributed by atoms with van der Waals surface area (Å²) in [5.41, 5.74) is 0.960. The van der Waals surface area contributed by atoms with E-state index in [9.17, 15) is 13.6 Å². The van der Waals surface area contributed by atoms with Crippen LogP contribution >= 0.6 is 0 Å². The van der Waals surface area contributed by atoms with E-state index >= 15 is 0 Å². The second kappa shape index (κ2) is 13.4. The summed E-state index contributed by atoms with van der Waals surface area (Å²) in [6.07, 6.45) is 3.79. The van der Waals surface area contributed by atoms with Gasteiger partial charge in [0.1, 0.15) is 11.5 Å². The summed E-state index contributed by atoms with van der Waals surface area (Å²) < 4.78 is 45.8. The average Bonchev–Trinajstić information content (AvgIpc) is 2.87. The lowest BCUT2D eigenvalue weighted by atomic mass is 10.0. The van der Waals surface area contributed by atoms with Crippen LogP contribution in [0.25, 0.3) is 11.1 Å². The predicted octanol–water partition coefficient (Wildman–Crippen LogP) is 8.53. The minimum Gasteiger partial charge on any atom is -0.494 e. The highest BCUT2D eigenvalue weighted by Gasteiger charge is 2.17. The predicted molar refractivity (Wildman–Crippen MR) is 146 cm³/mol. The number of rotatable bonds is 13. The molecule has 0 spiro atoms. The third kappa shape index (κ3) is 8.70. The topological polar surface area (TPSA) is 44.8 Å². The van der Waals surface area contributed by atoms with Gasteiger partial charge in [-0.1, -0.05) is 57.6 Å². The molecular weight excluding hydrogens is 490 g/mol. The van der Waals surface area contributed by atoms with Crippen LogP contribution in [0.4, 0.5) is 8.78 Å². The first-order chi connectivity index (χ1) is 17.7. The molecule has 0 N–H and O–H groups in total. The number of benzene rings is 3. The van der Waals surface area contributed by atoms with E-state index in [2.05, 4.69) is 26.6 Å². The third-order valence-corrected chi connectivity index (χ3v) is 7.71. The molecule has 198 valence electrons. The van der Waals surface area contributed by atoms with Gasteiger partial charge >= 0.3 is 5.97 Å². The van der Waals surface area contributed by atoms with Crippen LogP contribution in [-0.4, -0.2) is 27.3 Å². The van der Waals surface area contributed by atoms with Crippen LogP contribution in [0.1, 0.15) is 43.0 Å². The number of unbranched alkanes of at least 4 members (excludes halogenated alkanes) is 2. The second-order valence-corrected chi connectivity index (χ2v) is 15.9. The molecule has 0 aliphatic heterocycles. The minimum atomic E-state index is -1.08. The fourth-order valence-corrected chi connectivity index (χ4v) is 4.95. The molecule has 3 rings (SSSR count). The summed E-state index contributed by atoms with van der Waals surface area (Å²) in [4.78, 5) is 12.5. The maximum atomic E-state index is 14.7. The zero-order chi connectivity index (χ0) is 26.8. The summed E-state index contributed by atoms with van der Waals surface area (Å²) in [5, 5.41) is 0. The Kier molecular flexibility index (Phi) is 10.3. The molecule has 0 bridgehead atoms. The normalized spacial score (nSPS) is 11.3. The van der Waals surface area contributed by atoms with Crippen molar-refractivity contribution in [3.05, 3.63) is 77.9 Å². The van der Waals surface area contributed by atoms with Crippen molar-refractivity contribution in [1.29, 1.82) is 0 Å². The van der Waals surface area contributed by atoms with Crippen LogP contribution in [0.15, 0.2) is 60.7 Å². The summed E-state index contributed by atoms with van der Waals surface area (Å²) in [5.74, 6) is -1.57. The van der Waals surface area contributed by atoms with Crippen LogP contribution in [0, 0.1) is 11.6 Å². The first kappa shape index (κ1) is 28.4. The summed E-state index contributed by atoms with van der Waals surface area (Å²) in [7, 11) is -1.08. The molecule has 37 heavy (non-hydrogen) atoms. The van der Waals surface area contributed by atoms with Gasteiger partial charge in [-0.3, -0.25) is 0 Å². The first-order valence-electron chi connectivity index (χ1n) is 12.8. The molecule has 0 atom stereocenters. The minimum absolute atomic E-state index is 0.0918. The first-order valence-corrected chi connectivity index (χ1v) is 16.5. The number of hydrogen-bond acceptors (Lipinski definition) is 4. The smallest absolute Gasteiger partial charge is 0.343 e. The zero-order valence-corrected chi connectivity index (χ0v) is 23.1. The fraction of sp³-hybridized carbons (Fsp3) is 0.367. The van der Waals surface area contributed by atoms with E-state index in [1.54, 1.807) is 48.5 Å². The van der Waals surface area contributed by atoms with Crippen LogP contribution in [-0.2, 0) is 0 Å². The Morgan fingerprint density at radius 1 is 0.757 bits per heavy atom. The van der Waals surface area contributed by atoms with Crippen molar-refractivity contribution in [3.8, 4) is 28.4 Å². The Hall–Kier alpha value is -3.19. The Morgan fingerprint density at radius 3 is 2.05 bits per heavy atom. The molecule has 0 unspecified atom stereocenters. The number of halogens is 2. The van der Waals surface area contributed by atoms with E-state index in [1.165, 1.54) is 18.2 Å². The number of ether oxygens (including phenoxy) is 3. The lowest BCUT2D eigenvalue weighted by Crippen LogP contribution is -2.19. The Morgan fingerprint density at radius 2 is 1.41 bits per heavy atom. The van der Waals surface area contributed by atoms with Crippen LogP contribution in [0.5, 0.6) is 17.2 Å². The van der Waals surface area contributed by atoms with E-state index in [4.69, 9.17) is 14.2 Å².